The van der Waals surface area contributed by atoms with Gasteiger partial charge in [-0.25, -0.2) is 18.7 Å². The third-order valence-corrected chi connectivity index (χ3v) is 9.74. The van der Waals surface area contributed by atoms with Crippen LogP contribution in [-0.4, -0.2) is 69.0 Å². The van der Waals surface area contributed by atoms with Crippen molar-refractivity contribution in [2.45, 2.75) is 56.3 Å². The van der Waals surface area contributed by atoms with E-state index in [1.165, 1.54) is 18.9 Å². The number of rotatable bonds is 6. The molecule has 0 bridgehead atoms. The van der Waals surface area contributed by atoms with Gasteiger partial charge in [0.25, 0.3) is 0 Å². The van der Waals surface area contributed by atoms with E-state index in [9.17, 15) is 13.9 Å². The van der Waals surface area contributed by atoms with E-state index in [1.54, 1.807) is 24.4 Å². The van der Waals surface area contributed by atoms with Crippen LogP contribution in [0, 0.1) is 24.1 Å². The Morgan fingerprint density at radius 1 is 1.14 bits per heavy atom. The number of phenols is 1. The number of phenolic OH excluding ortho intramolecular Hbond substituents is 1. The van der Waals surface area contributed by atoms with Crippen LogP contribution < -0.4 is 9.64 Å². The van der Waals surface area contributed by atoms with Gasteiger partial charge in [-0.15, -0.1) is 6.42 Å². The molecule has 3 saturated heterocycles. The highest BCUT2D eigenvalue weighted by Crippen LogP contribution is 2.45. The third-order valence-electron chi connectivity index (χ3n) is 9.74. The molecule has 0 radical (unpaired) electrons. The molecule has 8 rings (SSSR count). The lowest BCUT2D eigenvalue weighted by atomic mass is 9.95. The summed E-state index contributed by atoms with van der Waals surface area (Å²) in [5, 5.41) is 12.6. The fourth-order valence-electron chi connectivity index (χ4n) is 7.48. The number of aromatic nitrogens is 3. The molecule has 0 spiro atoms. The number of halogens is 2. The molecule has 1 saturated carbocycles. The van der Waals surface area contributed by atoms with Crippen molar-refractivity contribution in [3.63, 3.8) is 0 Å². The quantitative estimate of drug-likeness (QED) is 0.304. The fourth-order valence-corrected chi connectivity index (χ4v) is 7.48. The highest BCUT2D eigenvalue weighted by Gasteiger charge is 2.49. The smallest absolute Gasteiger partial charge is 0.316 e. The molecule has 1 unspecified atom stereocenters. The van der Waals surface area contributed by atoms with Crippen LogP contribution in [0.1, 0.15) is 44.1 Å². The van der Waals surface area contributed by atoms with Crippen molar-refractivity contribution in [3.05, 3.63) is 47.9 Å². The minimum atomic E-state index is -0.839. The maximum absolute atomic E-state index is 14.9. The predicted molar refractivity (Wildman–Crippen MR) is 157 cm³/mol. The van der Waals surface area contributed by atoms with Crippen LogP contribution in [-0.2, 0) is 0 Å². The van der Waals surface area contributed by atoms with Crippen LogP contribution in [0.5, 0.6) is 11.8 Å². The number of aromatic hydroxyl groups is 1. The Labute approximate surface area is 242 Å². The van der Waals surface area contributed by atoms with Crippen molar-refractivity contribution in [2.24, 2.45) is 5.92 Å². The Kier molecular flexibility index (Phi) is 5.80. The van der Waals surface area contributed by atoms with Gasteiger partial charge >= 0.3 is 6.01 Å². The highest BCUT2D eigenvalue weighted by atomic mass is 19.1. The van der Waals surface area contributed by atoms with Gasteiger partial charge in [-0.2, -0.15) is 4.98 Å². The van der Waals surface area contributed by atoms with Gasteiger partial charge < -0.3 is 14.7 Å². The molecule has 5 heterocycles. The maximum atomic E-state index is 14.9. The Bertz CT molecular complexity index is 1790. The standard InChI is InChI=1S/C33H31F2N5O2/c1-2-23-26(35)7-6-20-12-22(41)13-24(30(20)23)27-14-28-25(31(37-27)40-11-8-29(40)19-4-5-19)16-36-32(38-28)42-18-33-9-3-10-39(33)17-21(34)15-33/h1,6-7,12-14,16,19,21,29,41H,3-5,8-11,15,17-18H2/t21-,29?,33+/m1/s1. The first kappa shape index (κ1) is 25.7. The predicted octanol–water partition coefficient (Wildman–Crippen LogP) is 5.61. The summed E-state index contributed by atoms with van der Waals surface area (Å²) in [6.07, 6.45) is 12.6. The van der Waals surface area contributed by atoms with E-state index in [0.29, 0.717) is 59.1 Å². The number of pyridine rings is 1. The number of terminal acetylenes is 1. The first-order valence-corrected chi connectivity index (χ1v) is 14.8. The number of hydrogen-bond acceptors (Lipinski definition) is 7. The lowest BCUT2D eigenvalue weighted by Crippen LogP contribution is -2.49. The Hall–Kier alpha value is -4.03. The number of hydrogen-bond donors (Lipinski definition) is 1. The van der Waals surface area contributed by atoms with E-state index in [1.807, 2.05) is 6.07 Å². The van der Waals surface area contributed by atoms with E-state index in [4.69, 9.17) is 21.1 Å². The Morgan fingerprint density at radius 3 is 2.81 bits per heavy atom. The van der Waals surface area contributed by atoms with Crippen LogP contribution in [0.4, 0.5) is 14.6 Å². The number of fused-ring (bicyclic) bond motifs is 3. The molecule has 7 nitrogen and oxygen atoms in total. The van der Waals surface area contributed by atoms with Crippen LogP contribution in [0.2, 0.25) is 0 Å². The van der Waals surface area contributed by atoms with E-state index < -0.39 is 12.0 Å². The summed E-state index contributed by atoms with van der Waals surface area (Å²) in [4.78, 5) is 19.0. The molecule has 2 aromatic heterocycles. The summed E-state index contributed by atoms with van der Waals surface area (Å²) < 4.78 is 35.3. The van der Waals surface area contributed by atoms with Crippen LogP contribution in [0.25, 0.3) is 32.9 Å². The second-order valence-corrected chi connectivity index (χ2v) is 12.3. The average Bonchev–Trinajstić information content (AvgIpc) is 3.62. The lowest BCUT2D eigenvalue weighted by molar-refractivity contribution is 0.107. The molecule has 4 aromatic rings. The number of nitrogens with zero attached hydrogens (tertiary/aromatic N) is 5. The Morgan fingerprint density at radius 2 is 2.02 bits per heavy atom. The van der Waals surface area contributed by atoms with Gasteiger partial charge in [-0.1, -0.05) is 12.0 Å². The summed E-state index contributed by atoms with van der Waals surface area (Å²) in [5.41, 5.74) is 1.51. The van der Waals surface area contributed by atoms with Crippen LogP contribution in [0.3, 0.4) is 0 Å². The van der Waals surface area contributed by atoms with Crippen molar-refractivity contribution < 1.29 is 18.6 Å². The van der Waals surface area contributed by atoms with Gasteiger partial charge in [-0.05, 0) is 74.2 Å². The molecule has 9 heteroatoms. The minimum Gasteiger partial charge on any atom is -0.508 e. The summed E-state index contributed by atoms with van der Waals surface area (Å²) >= 11 is 0. The molecule has 2 aromatic carbocycles. The van der Waals surface area contributed by atoms with Crippen LogP contribution in [0.15, 0.2) is 36.5 Å². The molecular weight excluding hydrogens is 536 g/mol. The van der Waals surface area contributed by atoms with Crippen molar-refractivity contribution in [1.29, 1.82) is 0 Å². The summed E-state index contributed by atoms with van der Waals surface area (Å²) in [7, 11) is 0. The van der Waals surface area contributed by atoms with Crippen molar-refractivity contribution in [2.75, 3.05) is 31.1 Å². The molecule has 3 aliphatic heterocycles. The fraction of sp³-hybridized carbons (Fsp3) is 0.424. The number of benzene rings is 2. The van der Waals surface area contributed by atoms with Gasteiger partial charge in [0.05, 0.1) is 27.7 Å². The van der Waals surface area contributed by atoms with Gasteiger partial charge in [0, 0.05) is 42.7 Å². The number of anilines is 1. The normalized spacial score (nSPS) is 25.5. The Balaban J connectivity index is 1.25. The first-order valence-electron chi connectivity index (χ1n) is 14.8. The second kappa shape index (κ2) is 9.50. The van der Waals surface area contributed by atoms with Gasteiger partial charge in [0.2, 0.25) is 0 Å². The SMILES string of the molecule is C#Cc1c(F)ccc2cc(O)cc(-c3cc4nc(OC[C@@]56CCCN5C[C@H](F)C6)ncc4c(N4CCC4C4CC4)n3)c12. The van der Waals surface area contributed by atoms with E-state index in [2.05, 4.69) is 20.7 Å². The maximum Gasteiger partial charge on any atom is 0.316 e. The molecule has 1 aliphatic carbocycles. The largest absolute Gasteiger partial charge is 0.508 e. The van der Waals surface area contributed by atoms with E-state index >= 15 is 0 Å². The molecule has 4 fully saturated rings. The molecular formula is C33H31F2N5O2. The highest BCUT2D eigenvalue weighted by molar-refractivity contribution is 6.03. The van der Waals surface area contributed by atoms with Gasteiger partial charge in [0.15, 0.2) is 0 Å². The zero-order chi connectivity index (χ0) is 28.6. The van der Waals surface area contributed by atoms with E-state index in [0.717, 1.165) is 43.6 Å². The monoisotopic (exact) mass is 567 g/mol. The van der Waals surface area contributed by atoms with Crippen LogP contribution >= 0.6 is 0 Å². The number of alkyl halides is 1. The zero-order valence-corrected chi connectivity index (χ0v) is 23.2. The first-order chi connectivity index (χ1) is 20.4. The molecule has 0 amide bonds. The molecule has 214 valence electrons. The second-order valence-electron chi connectivity index (χ2n) is 12.3. The minimum absolute atomic E-state index is 0.0325. The van der Waals surface area contributed by atoms with Crippen molar-refractivity contribution >= 4 is 27.5 Å². The molecule has 3 atom stereocenters. The summed E-state index contributed by atoms with van der Waals surface area (Å²) in [5.74, 6) is 3.45. The van der Waals surface area contributed by atoms with Gasteiger partial charge in [0.1, 0.15) is 30.2 Å². The summed E-state index contributed by atoms with van der Waals surface area (Å²) in [6.45, 7) is 2.55. The molecule has 42 heavy (non-hydrogen) atoms. The average molecular weight is 568 g/mol. The third kappa shape index (κ3) is 4.07. The lowest BCUT2D eigenvalue weighted by Gasteiger charge is -2.43. The zero-order valence-electron chi connectivity index (χ0n) is 23.2. The topological polar surface area (TPSA) is 74.6 Å². The molecule has 4 aliphatic rings. The van der Waals surface area contributed by atoms with Gasteiger partial charge in [-0.3, -0.25) is 4.90 Å². The van der Waals surface area contributed by atoms with Crippen molar-refractivity contribution in [3.8, 4) is 35.4 Å². The summed E-state index contributed by atoms with van der Waals surface area (Å²) in [6, 6.07) is 8.55. The van der Waals surface area contributed by atoms with E-state index in [-0.39, 0.29) is 22.9 Å². The number of ether oxygens (including phenoxy) is 1. The van der Waals surface area contributed by atoms with Crippen molar-refractivity contribution in [1.82, 2.24) is 19.9 Å². The molecule has 1 N–H and O–H groups in total.